The van der Waals surface area contributed by atoms with E-state index in [0.717, 1.165) is 22.8 Å². The largest absolute Gasteiger partial charge is 0.279 e. The lowest BCUT2D eigenvalue weighted by molar-refractivity contribution is 0.282. The van der Waals surface area contributed by atoms with E-state index >= 15 is 0 Å². The molecular weight excluding hydrogens is 248 g/mol. The van der Waals surface area contributed by atoms with Crippen molar-refractivity contribution in [2.45, 2.75) is 26.9 Å². The average molecular weight is 266 g/mol. The van der Waals surface area contributed by atoms with Crippen molar-refractivity contribution in [3.8, 4) is 6.07 Å². The summed E-state index contributed by atoms with van der Waals surface area (Å²) in [6.07, 6.45) is 0. The Hall–Kier alpha value is -2.25. The van der Waals surface area contributed by atoms with Crippen LogP contribution in [0.5, 0.6) is 0 Å². The van der Waals surface area contributed by atoms with E-state index < -0.39 is 0 Å². The van der Waals surface area contributed by atoms with Gasteiger partial charge in [-0.1, -0.05) is 12.1 Å². The van der Waals surface area contributed by atoms with Gasteiger partial charge >= 0.3 is 0 Å². The highest BCUT2D eigenvalue weighted by atomic mass is 15.1. The molecule has 0 fully saturated rings. The Labute approximate surface area is 119 Å². The van der Waals surface area contributed by atoms with Gasteiger partial charge in [-0.3, -0.25) is 14.9 Å². The van der Waals surface area contributed by atoms with Crippen molar-refractivity contribution in [1.29, 1.82) is 5.26 Å². The molecule has 0 atom stereocenters. The monoisotopic (exact) mass is 266 g/mol. The molecule has 2 heterocycles. The van der Waals surface area contributed by atoms with Crippen molar-refractivity contribution in [1.82, 2.24) is 14.9 Å². The third-order valence-electron chi connectivity index (χ3n) is 2.96. The van der Waals surface area contributed by atoms with Gasteiger partial charge in [0.15, 0.2) is 0 Å². The Morgan fingerprint density at radius 3 is 1.85 bits per heavy atom. The first-order valence-corrected chi connectivity index (χ1v) is 6.62. The van der Waals surface area contributed by atoms with Crippen molar-refractivity contribution in [3.05, 3.63) is 59.2 Å². The fraction of sp³-hybridized carbons (Fsp3) is 0.312. The lowest BCUT2D eigenvalue weighted by atomic mass is 10.2. The van der Waals surface area contributed by atoms with Gasteiger partial charge in [-0.15, -0.1) is 0 Å². The second-order valence-corrected chi connectivity index (χ2v) is 4.84. The second kappa shape index (κ2) is 6.78. The minimum atomic E-state index is 0.366. The Kier molecular flexibility index (Phi) is 4.80. The molecule has 0 radical (unpaired) electrons. The van der Waals surface area contributed by atoms with Crippen LogP contribution in [0.4, 0.5) is 0 Å². The van der Waals surface area contributed by atoms with Crippen molar-refractivity contribution < 1.29 is 0 Å². The third kappa shape index (κ3) is 4.15. The van der Waals surface area contributed by atoms with Gasteiger partial charge in [0, 0.05) is 24.5 Å². The fourth-order valence-electron chi connectivity index (χ4n) is 2.10. The van der Waals surface area contributed by atoms with Gasteiger partial charge < -0.3 is 0 Å². The van der Waals surface area contributed by atoms with Crippen LogP contribution in [0, 0.1) is 25.2 Å². The van der Waals surface area contributed by atoms with E-state index in [4.69, 9.17) is 5.26 Å². The molecule has 4 nitrogen and oxygen atoms in total. The summed E-state index contributed by atoms with van der Waals surface area (Å²) in [6, 6.07) is 14.1. The molecule has 2 aromatic heterocycles. The van der Waals surface area contributed by atoms with Crippen LogP contribution in [0.15, 0.2) is 36.4 Å². The average Bonchev–Trinajstić information content (AvgIpc) is 2.39. The fourth-order valence-corrected chi connectivity index (χ4v) is 2.10. The SMILES string of the molecule is Cc1cccc(CN(CC#N)Cc2cccc(C)n2)n1. The molecule has 0 aliphatic heterocycles. The number of aromatic nitrogens is 2. The normalized spacial score (nSPS) is 10.5. The molecular formula is C16H18N4. The molecule has 2 aromatic rings. The molecule has 0 aromatic carbocycles. The highest BCUT2D eigenvalue weighted by Crippen LogP contribution is 2.08. The number of hydrogen-bond donors (Lipinski definition) is 0. The molecule has 0 N–H and O–H groups in total. The van der Waals surface area contributed by atoms with Crippen LogP contribution in [0.2, 0.25) is 0 Å². The zero-order valence-corrected chi connectivity index (χ0v) is 11.9. The smallest absolute Gasteiger partial charge is 0.0872 e. The molecule has 4 heteroatoms. The Balaban J connectivity index is 2.09. The quantitative estimate of drug-likeness (QED) is 0.781. The van der Waals surface area contributed by atoms with Crippen LogP contribution in [0.3, 0.4) is 0 Å². The van der Waals surface area contributed by atoms with E-state index in [9.17, 15) is 0 Å². The number of hydrogen-bond acceptors (Lipinski definition) is 4. The first kappa shape index (κ1) is 14.2. The van der Waals surface area contributed by atoms with E-state index in [-0.39, 0.29) is 0 Å². The van der Waals surface area contributed by atoms with Crippen molar-refractivity contribution >= 4 is 0 Å². The summed E-state index contributed by atoms with van der Waals surface area (Å²) in [5, 5.41) is 8.97. The molecule has 0 spiro atoms. The minimum absolute atomic E-state index is 0.366. The highest BCUT2D eigenvalue weighted by Gasteiger charge is 2.08. The lowest BCUT2D eigenvalue weighted by Crippen LogP contribution is -2.24. The third-order valence-corrected chi connectivity index (χ3v) is 2.96. The van der Waals surface area contributed by atoms with Crippen LogP contribution >= 0.6 is 0 Å². The van der Waals surface area contributed by atoms with Gasteiger partial charge in [0.1, 0.15) is 0 Å². The Bertz CT molecular complexity index is 568. The van der Waals surface area contributed by atoms with Gasteiger partial charge in [-0.2, -0.15) is 5.26 Å². The highest BCUT2D eigenvalue weighted by molar-refractivity contribution is 5.12. The van der Waals surface area contributed by atoms with Crippen molar-refractivity contribution in [2.75, 3.05) is 6.54 Å². The topological polar surface area (TPSA) is 52.8 Å². The molecule has 20 heavy (non-hydrogen) atoms. The van der Waals surface area contributed by atoms with Crippen molar-refractivity contribution in [3.63, 3.8) is 0 Å². The number of nitriles is 1. The second-order valence-electron chi connectivity index (χ2n) is 4.84. The molecule has 0 unspecified atom stereocenters. The van der Waals surface area contributed by atoms with Crippen LogP contribution in [-0.2, 0) is 13.1 Å². The summed E-state index contributed by atoms with van der Waals surface area (Å²) >= 11 is 0. The predicted molar refractivity (Wildman–Crippen MR) is 77.7 cm³/mol. The summed E-state index contributed by atoms with van der Waals surface area (Å²) in [7, 11) is 0. The molecule has 0 aliphatic rings. The van der Waals surface area contributed by atoms with E-state index in [2.05, 4.69) is 16.0 Å². The van der Waals surface area contributed by atoms with Crippen molar-refractivity contribution in [2.24, 2.45) is 0 Å². The Morgan fingerprint density at radius 2 is 1.45 bits per heavy atom. The van der Waals surface area contributed by atoms with Gasteiger partial charge in [0.05, 0.1) is 24.0 Å². The summed E-state index contributed by atoms with van der Waals surface area (Å²) in [6.45, 7) is 5.63. The van der Waals surface area contributed by atoms with Crippen LogP contribution in [-0.4, -0.2) is 21.4 Å². The summed E-state index contributed by atoms with van der Waals surface area (Å²) in [5.41, 5.74) is 3.95. The van der Waals surface area contributed by atoms with Gasteiger partial charge in [0.2, 0.25) is 0 Å². The summed E-state index contributed by atoms with van der Waals surface area (Å²) in [5.74, 6) is 0. The maximum atomic E-state index is 8.97. The van der Waals surface area contributed by atoms with E-state index in [0.29, 0.717) is 19.6 Å². The molecule has 0 saturated heterocycles. The minimum Gasteiger partial charge on any atom is -0.279 e. The molecule has 0 bridgehead atoms. The molecule has 102 valence electrons. The maximum absolute atomic E-state index is 8.97. The summed E-state index contributed by atoms with van der Waals surface area (Å²) in [4.78, 5) is 11.0. The molecule has 0 aliphatic carbocycles. The number of pyridine rings is 2. The van der Waals surface area contributed by atoms with Crippen LogP contribution in [0.1, 0.15) is 22.8 Å². The first-order chi connectivity index (χ1) is 9.67. The maximum Gasteiger partial charge on any atom is 0.0872 e. The molecule has 0 amide bonds. The number of nitrogens with zero attached hydrogens (tertiary/aromatic N) is 4. The van der Waals surface area contributed by atoms with Crippen LogP contribution in [0.25, 0.3) is 0 Å². The summed E-state index contributed by atoms with van der Waals surface area (Å²) < 4.78 is 0. The predicted octanol–water partition coefficient (Wildman–Crippen LogP) is 2.62. The van der Waals surface area contributed by atoms with E-state index in [1.165, 1.54) is 0 Å². The molecule has 2 rings (SSSR count). The first-order valence-electron chi connectivity index (χ1n) is 6.62. The van der Waals surface area contributed by atoms with Crippen LogP contribution < -0.4 is 0 Å². The zero-order chi connectivity index (χ0) is 14.4. The standard InChI is InChI=1S/C16H18N4/c1-13-5-3-7-15(18-13)11-20(10-9-17)12-16-8-4-6-14(2)19-16/h3-8H,10-12H2,1-2H3. The molecule has 0 saturated carbocycles. The lowest BCUT2D eigenvalue weighted by Gasteiger charge is -2.18. The van der Waals surface area contributed by atoms with Gasteiger partial charge in [0.25, 0.3) is 0 Å². The zero-order valence-electron chi connectivity index (χ0n) is 11.9. The Morgan fingerprint density at radius 1 is 0.950 bits per heavy atom. The van der Waals surface area contributed by atoms with E-state index in [1.54, 1.807) is 0 Å². The number of aryl methyl sites for hydroxylation is 2. The van der Waals surface area contributed by atoms with E-state index in [1.807, 2.05) is 55.1 Å². The van der Waals surface area contributed by atoms with Gasteiger partial charge in [-0.05, 0) is 38.1 Å². The number of rotatable bonds is 5. The van der Waals surface area contributed by atoms with Gasteiger partial charge in [-0.25, -0.2) is 0 Å².